The van der Waals surface area contributed by atoms with Crippen molar-refractivity contribution in [2.75, 3.05) is 0 Å². The Kier molecular flexibility index (Phi) is 2.47. The normalized spacial score (nSPS) is 11.2. The van der Waals surface area contributed by atoms with Gasteiger partial charge in [-0.05, 0) is 18.2 Å². The number of hydrogen-bond acceptors (Lipinski definition) is 4. The number of hydrogen-bond donors (Lipinski definition) is 0. The van der Waals surface area contributed by atoms with Gasteiger partial charge in [-0.15, -0.1) is 0 Å². The summed E-state index contributed by atoms with van der Waals surface area (Å²) >= 11 is 0. The highest BCUT2D eigenvalue weighted by Gasteiger charge is 2.17. The van der Waals surface area contributed by atoms with Gasteiger partial charge in [-0.3, -0.25) is 0 Å². The van der Waals surface area contributed by atoms with Crippen molar-refractivity contribution in [3.63, 3.8) is 0 Å². The first kappa shape index (κ1) is 9.79. The molecule has 0 saturated carbocycles. The summed E-state index contributed by atoms with van der Waals surface area (Å²) in [5.41, 5.74) is 0. The minimum Gasteiger partial charge on any atom is -0.245 e. The van der Waals surface area contributed by atoms with Crippen LogP contribution in [0.1, 0.15) is 0 Å². The van der Waals surface area contributed by atoms with Crippen molar-refractivity contribution in [1.82, 2.24) is 9.97 Å². The molecule has 0 aliphatic heterocycles. The van der Waals surface area contributed by atoms with Crippen molar-refractivity contribution in [3.8, 4) is 0 Å². The topological polar surface area (TPSA) is 59.9 Å². The summed E-state index contributed by atoms with van der Waals surface area (Å²) in [5, 5.41) is 0.0173. The summed E-state index contributed by atoms with van der Waals surface area (Å²) in [5.74, 6) is 0. The van der Waals surface area contributed by atoms with Gasteiger partial charge in [0.1, 0.15) is 6.33 Å². The quantitative estimate of drug-likeness (QED) is 0.716. The molecule has 1 aromatic carbocycles. The molecule has 0 radical (unpaired) electrons. The van der Waals surface area contributed by atoms with Gasteiger partial charge in [0.15, 0.2) is 5.03 Å². The molecule has 0 amide bonds. The molecule has 0 aliphatic rings. The largest absolute Gasteiger partial charge is 0.245 e. The number of nitrogens with zero attached hydrogens (tertiary/aromatic N) is 2. The van der Waals surface area contributed by atoms with E-state index in [1.165, 1.54) is 30.7 Å². The molecule has 0 fully saturated rings. The molecule has 76 valence electrons. The maximum Gasteiger partial charge on any atom is 0.223 e. The molecule has 2 aromatic rings. The predicted molar refractivity (Wildman–Crippen MR) is 53.9 cm³/mol. The molecule has 0 saturated heterocycles. The second-order valence-corrected chi connectivity index (χ2v) is 4.76. The lowest BCUT2D eigenvalue weighted by atomic mass is 10.4. The Morgan fingerprint density at radius 2 is 1.73 bits per heavy atom. The molecular weight excluding hydrogens is 212 g/mol. The van der Waals surface area contributed by atoms with Crippen LogP contribution in [0.3, 0.4) is 0 Å². The second-order valence-electron chi connectivity index (χ2n) is 2.86. The Labute approximate surface area is 87.6 Å². The first-order valence-electron chi connectivity index (χ1n) is 4.27. The fourth-order valence-electron chi connectivity index (χ4n) is 1.16. The fourth-order valence-corrected chi connectivity index (χ4v) is 2.34. The summed E-state index contributed by atoms with van der Waals surface area (Å²) in [6, 6.07) is 9.57. The zero-order chi connectivity index (χ0) is 10.7. The molecule has 1 aromatic heterocycles. The first-order valence-corrected chi connectivity index (χ1v) is 5.76. The van der Waals surface area contributed by atoms with Crippen LogP contribution < -0.4 is 0 Å². The Morgan fingerprint density at radius 3 is 2.33 bits per heavy atom. The van der Waals surface area contributed by atoms with Crippen LogP contribution >= 0.6 is 0 Å². The second kappa shape index (κ2) is 3.78. The van der Waals surface area contributed by atoms with Crippen molar-refractivity contribution < 1.29 is 8.42 Å². The third-order valence-corrected chi connectivity index (χ3v) is 3.57. The molecule has 0 atom stereocenters. The van der Waals surface area contributed by atoms with Gasteiger partial charge in [0.05, 0.1) is 4.90 Å². The molecule has 0 spiro atoms. The van der Waals surface area contributed by atoms with Crippen LogP contribution in [0, 0.1) is 0 Å². The van der Waals surface area contributed by atoms with Crippen LogP contribution in [-0.4, -0.2) is 18.4 Å². The van der Waals surface area contributed by atoms with Gasteiger partial charge in [-0.25, -0.2) is 18.4 Å². The minimum atomic E-state index is -3.49. The highest BCUT2D eigenvalue weighted by molar-refractivity contribution is 7.91. The maximum atomic E-state index is 11.9. The molecule has 0 unspecified atom stereocenters. The van der Waals surface area contributed by atoms with Crippen molar-refractivity contribution in [1.29, 1.82) is 0 Å². The summed E-state index contributed by atoms with van der Waals surface area (Å²) in [4.78, 5) is 7.64. The zero-order valence-corrected chi connectivity index (χ0v) is 8.55. The molecule has 2 rings (SSSR count). The van der Waals surface area contributed by atoms with Crippen molar-refractivity contribution in [3.05, 3.63) is 48.9 Å². The molecule has 5 heteroatoms. The third-order valence-electron chi connectivity index (χ3n) is 1.88. The summed E-state index contributed by atoms with van der Waals surface area (Å²) in [6.45, 7) is 0. The summed E-state index contributed by atoms with van der Waals surface area (Å²) in [6.07, 6.45) is 2.62. The van der Waals surface area contributed by atoms with Gasteiger partial charge in [0.25, 0.3) is 0 Å². The average Bonchev–Trinajstić information content (AvgIpc) is 2.31. The lowest BCUT2D eigenvalue weighted by molar-refractivity contribution is 0.592. The highest BCUT2D eigenvalue weighted by atomic mass is 32.2. The van der Waals surface area contributed by atoms with E-state index in [4.69, 9.17) is 0 Å². The van der Waals surface area contributed by atoms with E-state index in [2.05, 4.69) is 9.97 Å². The van der Waals surface area contributed by atoms with Crippen LogP contribution in [0.4, 0.5) is 0 Å². The first-order chi connectivity index (χ1) is 7.21. The molecule has 0 N–H and O–H groups in total. The molecule has 0 aliphatic carbocycles. The van der Waals surface area contributed by atoms with Crippen LogP contribution in [0.25, 0.3) is 0 Å². The third kappa shape index (κ3) is 1.87. The van der Waals surface area contributed by atoms with Gasteiger partial charge < -0.3 is 0 Å². The Bertz CT molecular complexity index is 493. The highest BCUT2D eigenvalue weighted by Crippen LogP contribution is 2.16. The molecule has 4 nitrogen and oxygen atoms in total. The number of rotatable bonds is 2. The molecular formula is C10H8N2O2S. The van der Waals surface area contributed by atoms with E-state index in [0.717, 1.165) is 0 Å². The lowest BCUT2D eigenvalue weighted by Crippen LogP contribution is -2.03. The number of aromatic nitrogens is 2. The van der Waals surface area contributed by atoms with E-state index in [1.807, 2.05) is 0 Å². The van der Waals surface area contributed by atoms with E-state index >= 15 is 0 Å². The van der Waals surface area contributed by atoms with Gasteiger partial charge in [-0.2, -0.15) is 0 Å². The van der Waals surface area contributed by atoms with E-state index in [-0.39, 0.29) is 9.92 Å². The molecule has 0 bridgehead atoms. The SMILES string of the molecule is O=S(=O)(c1ccccc1)c1ccncn1. The Morgan fingerprint density at radius 1 is 1.00 bits per heavy atom. The van der Waals surface area contributed by atoms with E-state index in [1.54, 1.807) is 18.2 Å². The lowest BCUT2D eigenvalue weighted by Gasteiger charge is -2.01. The Balaban J connectivity index is 2.55. The van der Waals surface area contributed by atoms with Gasteiger partial charge >= 0.3 is 0 Å². The van der Waals surface area contributed by atoms with Crippen LogP contribution in [0.5, 0.6) is 0 Å². The standard InChI is InChI=1S/C10H8N2O2S/c13-15(14,9-4-2-1-3-5-9)10-6-7-11-8-12-10/h1-8H. The van der Waals surface area contributed by atoms with Gasteiger partial charge in [0.2, 0.25) is 9.84 Å². The molecule has 1 heterocycles. The van der Waals surface area contributed by atoms with Crippen molar-refractivity contribution >= 4 is 9.84 Å². The summed E-state index contributed by atoms with van der Waals surface area (Å²) in [7, 11) is -3.49. The molecule has 15 heavy (non-hydrogen) atoms. The fraction of sp³-hybridized carbons (Fsp3) is 0. The Hall–Kier alpha value is -1.75. The van der Waals surface area contributed by atoms with E-state index in [0.29, 0.717) is 0 Å². The average molecular weight is 220 g/mol. The number of sulfone groups is 1. The van der Waals surface area contributed by atoms with Crippen LogP contribution in [0.2, 0.25) is 0 Å². The van der Waals surface area contributed by atoms with E-state index < -0.39 is 9.84 Å². The van der Waals surface area contributed by atoms with Crippen molar-refractivity contribution in [2.24, 2.45) is 0 Å². The van der Waals surface area contributed by atoms with Gasteiger partial charge in [-0.1, -0.05) is 18.2 Å². The van der Waals surface area contributed by atoms with Crippen LogP contribution in [-0.2, 0) is 9.84 Å². The zero-order valence-electron chi connectivity index (χ0n) is 7.74. The van der Waals surface area contributed by atoms with Crippen molar-refractivity contribution in [2.45, 2.75) is 9.92 Å². The minimum absolute atomic E-state index is 0.0173. The maximum absolute atomic E-state index is 11.9. The van der Waals surface area contributed by atoms with Gasteiger partial charge in [0, 0.05) is 6.20 Å². The number of benzene rings is 1. The monoisotopic (exact) mass is 220 g/mol. The smallest absolute Gasteiger partial charge is 0.223 e. The van der Waals surface area contributed by atoms with Crippen LogP contribution in [0.15, 0.2) is 58.8 Å². The van der Waals surface area contributed by atoms with E-state index in [9.17, 15) is 8.42 Å². The predicted octanol–water partition coefficient (Wildman–Crippen LogP) is 1.31. The summed E-state index contributed by atoms with van der Waals surface area (Å²) < 4.78 is 23.9.